The van der Waals surface area contributed by atoms with Gasteiger partial charge in [0.2, 0.25) is 10.0 Å². The molecule has 0 heterocycles. The molecule has 2 rings (SSSR count). The van der Waals surface area contributed by atoms with E-state index >= 15 is 0 Å². The van der Waals surface area contributed by atoms with Gasteiger partial charge in [-0.2, -0.15) is 0 Å². The van der Waals surface area contributed by atoms with E-state index in [4.69, 9.17) is 5.73 Å². The van der Waals surface area contributed by atoms with Gasteiger partial charge >= 0.3 is 0 Å². The summed E-state index contributed by atoms with van der Waals surface area (Å²) in [6, 6.07) is 3.32. The number of anilines is 1. The second-order valence-electron chi connectivity index (χ2n) is 5.20. The van der Waals surface area contributed by atoms with Gasteiger partial charge in [0.05, 0.1) is 5.69 Å². The Labute approximate surface area is 113 Å². The number of sulfonamides is 1. The van der Waals surface area contributed by atoms with Crippen molar-refractivity contribution in [3.05, 3.63) is 24.0 Å². The second kappa shape index (κ2) is 5.46. The fourth-order valence-electron chi connectivity index (χ4n) is 2.58. The predicted molar refractivity (Wildman–Crippen MR) is 72.5 cm³/mol. The summed E-state index contributed by atoms with van der Waals surface area (Å²) in [5.41, 5.74) is 5.50. The lowest BCUT2D eigenvalue weighted by atomic mass is 9.99. The molecule has 0 amide bonds. The Morgan fingerprint density at radius 2 is 2.16 bits per heavy atom. The van der Waals surface area contributed by atoms with Crippen molar-refractivity contribution in [3.63, 3.8) is 0 Å². The smallest absolute Gasteiger partial charge is 0.242 e. The molecule has 0 aliphatic heterocycles. The van der Waals surface area contributed by atoms with Crippen LogP contribution in [-0.4, -0.2) is 15.0 Å². The van der Waals surface area contributed by atoms with Crippen molar-refractivity contribution in [3.8, 4) is 0 Å². The van der Waals surface area contributed by atoms with E-state index in [2.05, 4.69) is 11.6 Å². The Kier molecular flexibility index (Phi) is 4.10. The molecule has 1 aromatic carbocycles. The maximum atomic E-state index is 12.9. The van der Waals surface area contributed by atoms with Gasteiger partial charge in [0.15, 0.2) is 0 Å². The maximum absolute atomic E-state index is 12.9. The SMILES string of the molecule is CC1CCCC1CNS(=O)(=O)c1ccc(F)cc1N. The van der Waals surface area contributed by atoms with Crippen molar-refractivity contribution in [1.29, 1.82) is 0 Å². The monoisotopic (exact) mass is 286 g/mol. The summed E-state index contributed by atoms with van der Waals surface area (Å²) in [6.07, 6.45) is 3.33. The zero-order valence-electron chi connectivity index (χ0n) is 10.9. The topological polar surface area (TPSA) is 72.2 Å². The van der Waals surface area contributed by atoms with Crippen LogP contribution in [0, 0.1) is 17.7 Å². The molecule has 0 saturated heterocycles. The van der Waals surface area contributed by atoms with Crippen molar-refractivity contribution in [2.75, 3.05) is 12.3 Å². The lowest BCUT2D eigenvalue weighted by Gasteiger charge is -2.16. The van der Waals surface area contributed by atoms with Gasteiger partial charge in [-0.25, -0.2) is 17.5 Å². The van der Waals surface area contributed by atoms with E-state index in [0.717, 1.165) is 31.4 Å². The third-order valence-electron chi connectivity index (χ3n) is 3.84. The van der Waals surface area contributed by atoms with Gasteiger partial charge in [-0.05, 0) is 36.5 Å². The van der Waals surface area contributed by atoms with Crippen LogP contribution < -0.4 is 10.5 Å². The first kappa shape index (κ1) is 14.3. The Hall–Kier alpha value is -1.14. The number of halogens is 1. The molecule has 0 radical (unpaired) electrons. The van der Waals surface area contributed by atoms with Crippen LogP contribution in [0.15, 0.2) is 23.1 Å². The van der Waals surface area contributed by atoms with E-state index in [0.29, 0.717) is 18.4 Å². The number of nitrogens with one attached hydrogen (secondary N) is 1. The van der Waals surface area contributed by atoms with E-state index < -0.39 is 15.8 Å². The molecule has 6 heteroatoms. The summed E-state index contributed by atoms with van der Waals surface area (Å²) in [7, 11) is -3.66. The lowest BCUT2D eigenvalue weighted by molar-refractivity contribution is 0.414. The van der Waals surface area contributed by atoms with Gasteiger partial charge in [0.25, 0.3) is 0 Å². The summed E-state index contributed by atoms with van der Waals surface area (Å²) in [5.74, 6) is 0.366. The molecule has 1 saturated carbocycles. The molecule has 4 nitrogen and oxygen atoms in total. The fourth-order valence-corrected chi connectivity index (χ4v) is 3.79. The van der Waals surface area contributed by atoms with E-state index in [-0.39, 0.29) is 10.6 Å². The molecule has 1 aliphatic rings. The Bertz CT molecular complexity index is 560. The quantitative estimate of drug-likeness (QED) is 0.833. The number of nitrogen functional groups attached to an aromatic ring is 1. The van der Waals surface area contributed by atoms with E-state index in [9.17, 15) is 12.8 Å². The summed E-state index contributed by atoms with van der Waals surface area (Å²) < 4.78 is 39.7. The molecule has 2 atom stereocenters. The molecule has 0 bridgehead atoms. The summed E-state index contributed by atoms with van der Waals surface area (Å²) in [5, 5.41) is 0. The Morgan fingerprint density at radius 1 is 1.42 bits per heavy atom. The average molecular weight is 286 g/mol. The van der Waals surface area contributed by atoms with Crippen molar-refractivity contribution in [2.24, 2.45) is 11.8 Å². The third-order valence-corrected chi connectivity index (χ3v) is 5.33. The highest BCUT2D eigenvalue weighted by molar-refractivity contribution is 7.89. The van der Waals surface area contributed by atoms with E-state index in [1.54, 1.807) is 0 Å². The van der Waals surface area contributed by atoms with Crippen LogP contribution in [0.25, 0.3) is 0 Å². The minimum atomic E-state index is -3.66. The molecule has 106 valence electrons. The van der Waals surface area contributed by atoms with Crippen LogP contribution in [-0.2, 0) is 10.0 Å². The fraction of sp³-hybridized carbons (Fsp3) is 0.538. The van der Waals surface area contributed by atoms with Gasteiger partial charge in [-0.15, -0.1) is 0 Å². The minimum Gasteiger partial charge on any atom is -0.398 e. The lowest BCUT2D eigenvalue weighted by Crippen LogP contribution is -2.30. The highest BCUT2D eigenvalue weighted by Gasteiger charge is 2.26. The number of hydrogen-bond donors (Lipinski definition) is 2. The number of nitrogens with two attached hydrogens (primary N) is 1. The molecule has 3 N–H and O–H groups in total. The summed E-state index contributed by atoms with van der Waals surface area (Å²) in [4.78, 5) is -0.0560. The number of hydrogen-bond acceptors (Lipinski definition) is 3. The average Bonchev–Trinajstić information content (AvgIpc) is 2.72. The standard InChI is InChI=1S/C13H19FN2O2S/c1-9-3-2-4-10(9)8-16-19(17,18)13-6-5-11(14)7-12(13)15/h5-7,9-10,16H,2-4,8,15H2,1H3. The van der Waals surface area contributed by atoms with Crippen LogP contribution in [0.5, 0.6) is 0 Å². The van der Waals surface area contributed by atoms with Gasteiger partial charge in [-0.1, -0.05) is 19.8 Å². The van der Waals surface area contributed by atoms with Crippen molar-refractivity contribution >= 4 is 15.7 Å². The molecule has 19 heavy (non-hydrogen) atoms. The van der Waals surface area contributed by atoms with Gasteiger partial charge < -0.3 is 5.73 Å². The summed E-state index contributed by atoms with van der Waals surface area (Å²) in [6.45, 7) is 2.55. The normalized spacial score (nSPS) is 23.7. The van der Waals surface area contributed by atoms with E-state index in [1.807, 2.05) is 0 Å². The van der Waals surface area contributed by atoms with Gasteiger partial charge in [-0.3, -0.25) is 0 Å². The second-order valence-corrected chi connectivity index (χ2v) is 6.94. The van der Waals surface area contributed by atoms with Gasteiger partial charge in [0, 0.05) is 6.54 Å². The molecule has 0 spiro atoms. The number of benzene rings is 1. The van der Waals surface area contributed by atoms with Crippen LogP contribution in [0.2, 0.25) is 0 Å². The highest BCUT2D eigenvalue weighted by atomic mass is 32.2. The van der Waals surface area contributed by atoms with Crippen molar-refractivity contribution < 1.29 is 12.8 Å². The maximum Gasteiger partial charge on any atom is 0.242 e. The molecule has 1 fully saturated rings. The molecule has 1 aromatic rings. The van der Waals surface area contributed by atoms with Crippen molar-refractivity contribution in [1.82, 2.24) is 4.72 Å². The Morgan fingerprint density at radius 3 is 2.74 bits per heavy atom. The largest absolute Gasteiger partial charge is 0.398 e. The predicted octanol–water partition coefficient (Wildman–Crippen LogP) is 2.12. The minimum absolute atomic E-state index is 0.0560. The van der Waals surface area contributed by atoms with Crippen LogP contribution in [0.3, 0.4) is 0 Å². The van der Waals surface area contributed by atoms with E-state index in [1.165, 1.54) is 6.07 Å². The molecular weight excluding hydrogens is 267 g/mol. The zero-order valence-corrected chi connectivity index (χ0v) is 11.7. The first-order valence-corrected chi connectivity index (χ1v) is 7.93. The third kappa shape index (κ3) is 3.25. The first-order chi connectivity index (χ1) is 8.90. The molecule has 0 aromatic heterocycles. The molecule has 2 unspecified atom stereocenters. The first-order valence-electron chi connectivity index (χ1n) is 6.45. The zero-order chi connectivity index (χ0) is 14.0. The molecular formula is C13H19FN2O2S. The molecule has 1 aliphatic carbocycles. The van der Waals surface area contributed by atoms with Crippen molar-refractivity contribution in [2.45, 2.75) is 31.1 Å². The summed E-state index contributed by atoms with van der Waals surface area (Å²) >= 11 is 0. The number of rotatable bonds is 4. The highest BCUT2D eigenvalue weighted by Crippen LogP contribution is 2.31. The van der Waals surface area contributed by atoms with Crippen LogP contribution >= 0.6 is 0 Å². The van der Waals surface area contributed by atoms with Crippen LogP contribution in [0.1, 0.15) is 26.2 Å². The Balaban J connectivity index is 2.09. The van der Waals surface area contributed by atoms with Gasteiger partial charge in [0.1, 0.15) is 10.7 Å². The van der Waals surface area contributed by atoms with Crippen LogP contribution in [0.4, 0.5) is 10.1 Å².